The molecule has 2 N–H and O–H groups in total. The number of hydrogen-bond acceptors (Lipinski definition) is 5. The second-order valence-electron chi connectivity index (χ2n) is 8.23. The smallest absolute Gasteiger partial charge is 0.336 e. The molecule has 0 atom stereocenters. The van der Waals surface area contributed by atoms with Crippen LogP contribution in [0.25, 0.3) is 6.08 Å². The lowest BCUT2D eigenvalue weighted by Gasteiger charge is -2.08. The van der Waals surface area contributed by atoms with E-state index >= 15 is 0 Å². The molecule has 0 aliphatic heterocycles. The van der Waals surface area contributed by atoms with Crippen LogP contribution in [0, 0.1) is 0 Å². The molecule has 4 aromatic carbocycles. The number of benzene rings is 4. The molecule has 4 rings (SSSR count). The summed E-state index contributed by atoms with van der Waals surface area (Å²) >= 11 is 15.1. The standard InChI is InChI=1S/C30H20BrCl2N3O4/c31-23-9-14-27(40-28(37)15-6-19-4-10-24(32)11-5-19)22(16-23)18-34-36-30(39)21-2-1-3-26(17-21)35-29(38)20-7-12-25(33)13-8-20/h1-18H,(H,35,38)(H,36,39)/b15-6+,34-18?. The minimum atomic E-state index is -0.589. The van der Waals surface area contributed by atoms with E-state index in [-0.39, 0.29) is 17.2 Å². The summed E-state index contributed by atoms with van der Waals surface area (Å²) in [5.74, 6) is -1.18. The van der Waals surface area contributed by atoms with Crippen molar-refractivity contribution in [1.29, 1.82) is 0 Å². The molecular formula is C30H20BrCl2N3O4. The van der Waals surface area contributed by atoms with Crippen LogP contribution >= 0.6 is 39.1 Å². The Balaban J connectivity index is 1.39. The van der Waals surface area contributed by atoms with Crippen LogP contribution in [-0.4, -0.2) is 24.0 Å². The van der Waals surface area contributed by atoms with Crippen LogP contribution in [0.2, 0.25) is 10.0 Å². The number of anilines is 1. The van der Waals surface area contributed by atoms with Crippen molar-refractivity contribution in [2.75, 3.05) is 5.32 Å². The highest BCUT2D eigenvalue weighted by molar-refractivity contribution is 9.10. The van der Waals surface area contributed by atoms with Crippen molar-refractivity contribution >= 4 is 74.9 Å². The first-order valence-corrected chi connectivity index (χ1v) is 13.3. The summed E-state index contributed by atoms with van der Waals surface area (Å²) < 4.78 is 6.18. The minimum absolute atomic E-state index is 0.249. The van der Waals surface area contributed by atoms with Gasteiger partial charge >= 0.3 is 5.97 Å². The van der Waals surface area contributed by atoms with Crippen molar-refractivity contribution in [3.8, 4) is 5.75 Å². The summed E-state index contributed by atoms with van der Waals surface area (Å²) in [5, 5.41) is 7.87. The Morgan fingerprint density at radius 2 is 1.50 bits per heavy atom. The highest BCUT2D eigenvalue weighted by atomic mass is 79.9. The van der Waals surface area contributed by atoms with Crippen LogP contribution < -0.4 is 15.5 Å². The zero-order valence-corrected chi connectivity index (χ0v) is 23.7. The lowest BCUT2D eigenvalue weighted by Crippen LogP contribution is -2.18. The van der Waals surface area contributed by atoms with Gasteiger partial charge in [0, 0.05) is 43.0 Å². The summed E-state index contributed by atoms with van der Waals surface area (Å²) in [6.07, 6.45) is 4.27. The van der Waals surface area contributed by atoms with Gasteiger partial charge in [0.25, 0.3) is 11.8 Å². The van der Waals surface area contributed by atoms with E-state index in [1.54, 1.807) is 91.0 Å². The van der Waals surface area contributed by atoms with E-state index in [4.69, 9.17) is 27.9 Å². The molecule has 4 aromatic rings. The van der Waals surface area contributed by atoms with Crippen molar-refractivity contribution in [2.24, 2.45) is 5.10 Å². The van der Waals surface area contributed by atoms with Crippen LogP contribution in [0.4, 0.5) is 5.69 Å². The van der Waals surface area contributed by atoms with Crippen LogP contribution in [0.15, 0.2) is 107 Å². The number of carbonyl (C=O) groups is 3. The number of halogens is 3. The van der Waals surface area contributed by atoms with Gasteiger partial charge in [-0.1, -0.05) is 57.3 Å². The van der Waals surface area contributed by atoms with E-state index in [9.17, 15) is 14.4 Å². The average Bonchev–Trinajstić information content (AvgIpc) is 2.94. The Kier molecular flexibility index (Phi) is 9.86. The van der Waals surface area contributed by atoms with Gasteiger partial charge in [-0.25, -0.2) is 10.2 Å². The van der Waals surface area contributed by atoms with Gasteiger partial charge in [0.2, 0.25) is 0 Å². The van der Waals surface area contributed by atoms with Crippen LogP contribution in [-0.2, 0) is 4.79 Å². The maximum atomic E-state index is 12.7. The van der Waals surface area contributed by atoms with Crippen molar-refractivity contribution in [1.82, 2.24) is 5.43 Å². The molecule has 0 aliphatic rings. The molecule has 0 aromatic heterocycles. The number of esters is 1. The highest BCUT2D eigenvalue weighted by Gasteiger charge is 2.10. The highest BCUT2D eigenvalue weighted by Crippen LogP contribution is 2.22. The predicted octanol–water partition coefficient (Wildman–Crippen LogP) is 7.39. The number of hydrazone groups is 1. The van der Waals surface area contributed by atoms with Gasteiger partial charge < -0.3 is 10.1 Å². The normalized spacial score (nSPS) is 11.0. The molecule has 0 spiro atoms. The van der Waals surface area contributed by atoms with Crippen molar-refractivity contribution < 1.29 is 19.1 Å². The Hall–Kier alpha value is -4.24. The fourth-order valence-electron chi connectivity index (χ4n) is 3.36. The van der Waals surface area contributed by atoms with Crippen molar-refractivity contribution in [3.63, 3.8) is 0 Å². The third-order valence-corrected chi connectivity index (χ3v) is 6.32. The molecule has 7 nitrogen and oxygen atoms in total. The zero-order valence-electron chi connectivity index (χ0n) is 20.6. The molecule has 0 heterocycles. The summed E-state index contributed by atoms with van der Waals surface area (Å²) in [5.41, 5.74) is 4.82. The van der Waals surface area contributed by atoms with Gasteiger partial charge in [0.15, 0.2) is 0 Å². The minimum Gasteiger partial charge on any atom is -0.423 e. The number of hydrogen-bond donors (Lipinski definition) is 2. The fourth-order valence-corrected chi connectivity index (χ4v) is 3.99. The fraction of sp³-hybridized carbons (Fsp3) is 0. The molecule has 0 unspecified atom stereocenters. The molecule has 10 heteroatoms. The molecule has 40 heavy (non-hydrogen) atoms. The SMILES string of the molecule is O=C(/C=C/c1ccc(Cl)cc1)Oc1ccc(Br)cc1C=NNC(=O)c1cccc(NC(=O)c2ccc(Cl)cc2)c1. The lowest BCUT2D eigenvalue weighted by atomic mass is 10.1. The lowest BCUT2D eigenvalue weighted by molar-refractivity contribution is -0.128. The van der Waals surface area contributed by atoms with E-state index in [1.165, 1.54) is 18.4 Å². The first kappa shape index (κ1) is 28.8. The first-order valence-electron chi connectivity index (χ1n) is 11.7. The topological polar surface area (TPSA) is 96.9 Å². The molecule has 0 saturated carbocycles. The first-order chi connectivity index (χ1) is 19.3. The number of ether oxygens (including phenoxy) is 1. The molecule has 0 bridgehead atoms. The van der Waals surface area contributed by atoms with Gasteiger partial charge in [-0.15, -0.1) is 0 Å². The largest absolute Gasteiger partial charge is 0.423 e. The van der Waals surface area contributed by atoms with E-state index < -0.39 is 11.9 Å². The number of nitrogens with zero attached hydrogens (tertiary/aromatic N) is 1. The van der Waals surface area contributed by atoms with Gasteiger partial charge in [0.1, 0.15) is 5.75 Å². The van der Waals surface area contributed by atoms with Gasteiger partial charge in [-0.2, -0.15) is 5.10 Å². The molecule has 0 aliphatic carbocycles. The third-order valence-electron chi connectivity index (χ3n) is 5.32. The number of nitrogens with one attached hydrogen (secondary N) is 2. The van der Waals surface area contributed by atoms with E-state index in [0.717, 1.165) is 10.0 Å². The molecular weight excluding hydrogens is 617 g/mol. The summed E-state index contributed by atoms with van der Waals surface area (Å²) in [4.78, 5) is 37.5. The number of amides is 2. The quantitative estimate of drug-likeness (QED) is 0.0693. The van der Waals surface area contributed by atoms with Crippen LogP contribution in [0.1, 0.15) is 31.8 Å². The van der Waals surface area contributed by atoms with Crippen LogP contribution in [0.3, 0.4) is 0 Å². The Morgan fingerprint density at radius 1 is 0.800 bits per heavy atom. The second kappa shape index (κ2) is 13.7. The number of rotatable bonds is 8. The Bertz CT molecular complexity index is 1600. The van der Waals surface area contributed by atoms with Gasteiger partial charge in [-0.05, 0) is 84.4 Å². The number of carbonyl (C=O) groups excluding carboxylic acids is 3. The van der Waals surface area contributed by atoms with Gasteiger partial charge in [-0.3, -0.25) is 9.59 Å². The maximum Gasteiger partial charge on any atom is 0.336 e. The molecule has 200 valence electrons. The zero-order chi connectivity index (χ0) is 28.5. The van der Waals surface area contributed by atoms with E-state index in [1.807, 2.05) is 0 Å². The van der Waals surface area contributed by atoms with Crippen LogP contribution in [0.5, 0.6) is 5.75 Å². The molecule has 0 saturated heterocycles. The van der Waals surface area contributed by atoms with E-state index in [0.29, 0.717) is 26.9 Å². The van der Waals surface area contributed by atoms with Gasteiger partial charge in [0.05, 0.1) is 6.21 Å². The monoisotopic (exact) mass is 635 g/mol. The predicted molar refractivity (Wildman–Crippen MR) is 161 cm³/mol. The molecule has 0 fully saturated rings. The average molecular weight is 637 g/mol. The molecule has 2 amide bonds. The summed E-state index contributed by atoms with van der Waals surface area (Å²) in [6, 6.07) is 24.9. The summed E-state index contributed by atoms with van der Waals surface area (Å²) in [7, 11) is 0. The second-order valence-corrected chi connectivity index (χ2v) is 10.0. The van der Waals surface area contributed by atoms with Crippen molar-refractivity contribution in [3.05, 3.63) is 134 Å². The Labute approximate surface area is 248 Å². The van der Waals surface area contributed by atoms with Crippen molar-refractivity contribution in [2.45, 2.75) is 0 Å². The van der Waals surface area contributed by atoms with E-state index in [2.05, 4.69) is 31.8 Å². The molecule has 0 radical (unpaired) electrons. The third kappa shape index (κ3) is 8.38. The summed E-state index contributed by atoms with van der Waals surface area (Å²) in [6.45, 7) is 0. The Morgan fingerprint density at radius 3 is 2.23 bits per heavy atom. The maximum absolute atomic E-state index is 12.7.